The van der Waals surface area contributed by atoms with Crippen LogP contribution < -0.4 is 9.64 Å². The first-order chi connectivity index (χ1) is 26.2. The standard InChI is InChI=1S/C50H41NO2/c1-2-9-33(10-3-1)42-14-8-15-45-46-30-35(21-28-48(46)53-50(42)45)32-19-22-37(23-20-32)51(39-25-27-44-43-13-6-7-16-47(43)52-49(44)31-39)38-24-26-41-36(29-38)18-17-34-11-4-5-12-40(34)41/h1-4,6,8-9,11,13-15,17-30,33,39,46,48H,5,7,10,12,16,31H2. The Bertz CT molecular complexity index is 2510. The van der Waals surface area contributed by atoms with Gasteiger partial charge in [0, 0.05) is 58.3 Å². The molecule has 0 saturated heterocycles. The Morgan fingerprint density at radius 2 is 1.55 bits per heavy atom. The van der Waals surface area contributed by atoms with Gasteiger partial charge < -0.3 is 14.1 Å². The van der Waals surface area contributed by atoms with Gasteiger partial charge in [0.2, 0.25) is 0 Å². The lowest BCUT2D eigenvalue weighted by atomic mass is 9.84. The van der Waals surface area contributed by atoms with Crippen molar-refractivity contribution in [3.8, 4) is 5.75 Å². The average molecular weight is 688 g/mol. The van der Waals surface area contributed by atoms with E-state index in [2.05, 4.69) is 157 Å². The predicted octanol–water partition coefficient (Wildman–Crippen LogP) is 12.2. The predicted molar refractivity (Wildman–Crippen MR) is 219 cm³/mol. The number of benzene rings is 4. The second-order valence-corrected chi connectivity index (χ2v) is 15.3. The molecule has 3 heteroatoms. The summed E-state index contributed by atoms with van der Waals surface area (Å²) in [5.41, 5.74) is 12.8. The summed E-state index contributed by atoms with van der Waals surface area (Å²) < 4.78 is 13.2. The van der Waals surface area contributed by atoms with E-state index < -0.39 is 0 Å². The molecule has 258 valence electrons. The Labute approximate surface area is 311 Å². The van der Waals surface area contributed by atoms with Crippen LogP contribution in [0.5, 0.6) is 5.75 Å². The molecule has 0 spiro atoms. The number of aryl methyl sites for hydroxylation is 2. The summed E-state index contributed by atoms with van der Waals surface area (Å²) in [4.78, 5) is 2.51. The van der Waals surface area contributed by atoms with Crippen LogP contribution in [0.2, 0.25) is 0 Å². The molecule has 6 aliphatic rings. The zero-order valence-electron chi connectivity index (χ0n) is 29.7. The van der Waals surface area contributed by atoms with E-state index in [1.807, 2.05) is 0 Å². The summed E-state index contributed by atoms with van der Waals surface area (Å²) in [5, 5.41) is 2.66. The maximum Gasteiger partial charge on any atom is 0.128 e. The second kappa shape index (κ2) is 12.4. The van der Waals surface area contributed by atoms with Gasteiger partial charge in [-0.25, -0.2) is 0 Å². The molecular weight excluding hydrogens is 647 g/mol. The van der Waals surface area contributed by atoms with Gasteiger partial charge in [-0.2, -0.15) is 0 Å². The van der Waals surface area contributed by atoms with Crippen LogP contribution in [0, 0.1) is 0 Å². The second-order valence-electron chi connectivity index (χ2n) is 15.3. The van der Waals surface area contributed by atoms with Crippen LogP contribution in [0.1, 0.15) is 81.6 Å². The summed E-state index contributed by atoms with van der Waals surface area (Å²) >= 11 is 0. The van der Waals surface area contributed by atoms with E-state index in [-0.39, 0.29) is 18.1 Å². The van der Waals surface area contributed by atoms with Crippen molar-refractivity contribution < 1.29 is 9.15 Å². The van der Waals surface area contributed by atoms with Gasteiger partial charge in [0.05, 0.1) is 6.04 Å². The van der Waals surface area contributed by atoms with E-state index in [0.29, 0.717) is 5.92 Å². The van der Waals surface area contributed by atoms with Gasteiger partial charge in [-0.1, -0.05) is 121 Å². The highest BCUT2D eigenvalue weighted by atomic mass is 16.5. The van der Waals surface area contributed by atoms with Gasteiger partial charge in [0.15, 0.2) is 0 Å². The van der Waals surface area contributed by atoms with Crippen LogP contribution in [0.15, 0.2) is 138 Å². The van der Waals surface area contributed by atoms with E-state index in [9.17, 15) is 0 Å². The normalized spacial score (nSPS) is 22.8. The highest BCUT2D eigenvalue weighted by Gasteiger charge is 2.36. The zero-order chi connectivity index (χ0) is 34.9. The summed E-state index contributed by atoms with van der Waals surface area (Å²) in [6, 6.07) is 27.7. The molecule has 11 rings (SSSR count). The minimum Gasteiger partial charge on any atom is -0.485 e. The van der Waals surface area contributed by atoms with Crippen molar-refractivity contribution in [2.75, 3.05) is 4.90 Å². The van der Waals surface area contributed by atoms with E-state index in [1.165, 1.54) is 66.7 Å². The third kappa shape index (κ3) is 5.16. The van der Waals surface area contributed by atoms with Crippen LogP contribution in [0.3, 0.4) is 0 Å². The highest BCUT2D eigenvalue weighted by Crippen LogP contribution is 2.48. The number of ether oxygens (including phenoxy) is 1. The molecule has 0 fully saturated rings. The molecule has 0 amide bonds. The number of hydrogen-bond acceptors (Lipinski definition) is 3. The molecule has 5 aliphatic carbocycles. The van der Waals surface area contributed by atoms with Gasteiger partial charge in [0.1, 0.15) is 23.4 Å². The van der Waals surface area contributed by atoms with Crippen molar-refractivity contribution in [3.05, 3.63) is 184 Å². The largest absolute Gasteiger partial charge is 0.485 e. The quantitative estimate of drug-likeness (QED) is 0.184. The lowest BCUT2D eigenvalue weighted by Gasteiger charge is -2.34. The fourth-order valence-corrected chi connectivity index (χ4v) is 9.53. The molecular formula is C50H41NO2. The van der Waals surface area contributed by atoms with E-state index in [4.69, 9.17) is 9.15 Å². The van der Waals surface area contributed by atoms with E-state index in [0.717, 1.165) is 55.8 Å². The molecule has 0 N–H and O–H groups in total. The van der Waals surface area contributed by atoms with Crippen LogP contribution in [-0.4, -0.2) is 12.1 Å². The third-order valence-electron chi connectivity index (χ3n) is 12.2. The SMILES string of the molecule is C1=CCC(c2cccc3c2OC2C=CC(c4ccc(N(c5ccc6c7c(ccc6c5)C=CCC7)C5C=Cc6c(oc7c6C=CCC7)C5)cc4)=CC32)C=C1. The summed E-state index contributed by atoms with van der Waals surface area (Å²) in [6.07, 6.45) is 35.7. The van der Waals surface area contributed by atoms with Gasteiger partial charge in [-0.3, -0.25) is 0 Å². The molecule has 4 unspecified atom stereocenters. The first-order valence-electron chi connectivity index (χ1n) is 19.4. The smallest absolute Gasteiger partial charge is 0.128 e. The van der Waals surface area contributed by atoms with E-state index in [1.54, 1.807) is 0 Å². The number of allylic oxidation sites excluding steroid dienone is 8. The number of fused-ring (bicyclic) bond motifs is 9. The number of hydrogen-bond donors (Lipinski definition) is 0. The van der Waals surface area contributed by atoms with Crippen LogP contribution >= 0.6 is 0 Å². The fourth-order valence-electron chi connectivity index (χ4n) is 9.53. The Morgan fingerprint density at radius 1 is 0.679 bits per heavy atom. The minimum absolute atomic E-state index is 0.0352. The lowest BCUT2D eigenvalue weighted by molar-refractivity contribution is 0.266. The van der Waals surface area contributed by atoms with Crippen LogP contribution in [-0.2, 0) is 19.3 Å². The number of furan rings is 1. The topological polar surface area (TPSA) is 25.6 Å². The molecule has 0 bridgehead atoms. The number of nitrogens with zero attached hydrogens (tertiary/aromatic N) is 1. The van der Waals surface area contributed by atoms with E-state index >= 15 is 0 Å². The zero-order valence-corrected chi connectivity index (χ0v) is 29.7. The Hall–Kier alpha value is -5.80. The molecule has 4 aromatic carbocycles. The lowest BCUT2D eigenvalue weighted by Crippen LogP contribution is -2.32. The number of anilines is 2. The van der Waals surface area contributed by atoms with Crippen LogP contribution in [0.4, 0.5) is 11.4 Å². The first kappa shape index (κ1) is 30.8. The summed E-state index contributed by atoms with van der Waals surface area (Å²) in [6.45, 7) is 0. The van der Waals surface area contributed by atoms with Crippen molar-refractivity contribution in [1.29, 1.82) is 0 Å². The molecule has 1 aliphatic heterocycles. The van der Waals surface area contributed by atoms with Gasteiger partial charge >= 0.3 is 0 Å². The summed E-state index contributed by atoms with van der Waals surface area (Å²) in [5.74, 6) is 3.88. The molecule has 3 nitrogen and oxygen atoms in total. The molecule has 0 saturated carbocycles. The maximum atomic E-state index is 6.64. The Balaban J connectivity index is 0.944. The van der Waals surface area contributed by atoms with Crippen molar-refractivity contribution in [1.82, 2.24) is 0 Å². The Morgan fingerprint density at radius 3 is 2.47 bits per heavy atom. The van der Waals surface area contributed by atoms with Crippen molar-refractivity contribution in [3.63, 3.8) is 0 Å². The fraction of sp³-hybridized carbons (Fsp3) is 0.200. The summed E-state index contributed by atoms with van der Waals surface area (Å²) in [7, 11) is 0. The van der Waals surface area contributed by atoms with Gasteiger partial charge in [-0.15, -0.1) is 0 Å². The third-order valence-corrected chi connectivity index (χ3v) is 12.2. The van der Waals surface area contributed by atoms with Crippen molar-refractivity contribution >= 4 is 45.9 Å². The van der Waals surface area contributed by atoms with Crippen molar-refractivity contribution in [2.45, 2.75) is 62.5 Å². The van der Waals surface area contributed by atoms with Gasteiger partial charge in [0.25, 0.3) is 0 Å². The highest BCUT2D eigenvalue weighted by molar-refractivity contribution is 5.93. The van der Waals surface area contributed by atoms with Gasteiger partial charge in [-0.05, 0) is 89.1 Å². The molecule has 2 heterocycles. The molecule has 4 atom stereocenters. The molecule has 0 radical (unpaired) electrons. The average Bonchev–Trinajstić information content (AvgIpc) is 3.79. The maximum absolute atomic E-state index is 6.64. The number of rotatable bonds is 5. The number of para-hydroxylation sites is 1. The first-order valence-corrected chi connectivity index (χ1v) is 19.4. The van der Waals surface area contributed by atoms with Crippen molar-refractivity contribution in [2.24, 2.45) is 0 Å². The monoisotopic (exact) mass is 687 g/mol. The molecule has 53 heavy (non-hydrogen) atoms. The molecule has 1 aromatic heterocycles. The Kier molecular flexibility index (Phi) is 7.21. The van der Waals surface area contributed by atoms with Crippen LogP contribution in [0.25, 0.3) is 34.6 Å². The molecule has 5 aromatic rings. The minimum atomic E-state index is 0.0352.